The van der Waals surface area contributed by atoms with E-state index in [2.05, 4.69) is 15.5 Å². The predicted molar refractivity (Wildman–Crippen MR) is 140 cm³/mol. The molecule has 4 rings (SSSR count). The predicted octanol–water partition coefficient (Wildman–Crippen LogP) is 4.93. The third-order valence-electron chi connectivity index (χ3n) is 5.94. The number of nitrogens with one attached hydrogen (secondary N) is 2. The van der Waals surface area contributed by atoms with Crippen LogP contribution in [0.15, 0.2) is 72.8 Å². The highest BCUT2D eigenvalue weighted by Crippen LogP contribution is 2.38. The smallest absolute Gasteiger partial charge is 0.407 e. The van der Waals surface area contributed by atoms with E-state index in [4.69, 9.17) is 26.4 Å². The molecule has 182 valence electrons. The van der Waals surface area contributed by atoms with E-state index < -0.39 is 6.09 Å². The number of benzene rings is 3. The average molecular weight is 492 g/mol. The Morgan fingerprint density at radius 3 is 2.34 bits per heavy atom. The number of alkyl carbamates (subject to hydrolysis) is 1. The molecule has 0 aliphatic carbocycles. The lowest BCUT2D eigenvalue weighted by Crippen LogP contribution is -2.46. The van der Waals surface area contributed by atoms with Gasteiger partial charge in [-0.1, -0.05) is 48.5 Å². The molecule has 8 heteroatoms. The van der Waals surface area contributed by atoms with Crippen LogP contribution in [0.1, 0.15) is 22.7 Å². The Labute approximate surface area is 211 Å². The van der Waals surface area contributed by atoms with E-state index in [1.807, 2.05) is 72.8 Å². The first kappa shape index (κ1) is 24.3. The molecule has 35 heavy (non-hydrogen) atoms. The maximum Gasteiger partial charge on any atom is 0.407 e. The molecule has 3 aromatic carbocycles. The zero-order valence-corrected chi connectivity index (χ0v) is 20.6. The number of carbonyl (C=O) groups excluding carboxylic acids is 1. The van der Waals surface area contributed by atoms with E-state index in [1.165, 1.54) is 0 Å². The lowest BCUT2D eigenvalue weighted by atomic mass is 9.92. The largest absolute Gasteiger partial charge is 0.493 e. The van der Waals surface area contributed by atoms with Gasteiger partial charge < -0.3 is 29.7 Å². The molecule has 0 spiro atoms. The second-order valence-electron chi connectivity index (χ2n) is 8.10. The van der Waals surface area contributed by atoms with Crippen molar-refractivity contribution in [2.45, 2.75) is 19.1 Å². The van der Waals surface area contributed by atoms with Gasteiger partial charge >= 0.3 is 6.09 Å². The SMILES string of the molecule is COc1cc2c(cc1OC)C(CNC(=O)OCc1ccccc1)N(C(=S)Nc1ccccc1)CC2. The van der Waals surface area contributed by atoms with Crippen LogP contribution in [0, 0.1) is 0 Å². The van der Waals surface area contributed by atoms with Gasteiger partial charge in [-0.3, -0.25) is 0 Å². The minimum Gasteiger partial charge on any atom is -0.493 e. The number of rotatable bonds is 7. The topological polar surface area (TPSA) is 72.1 Å². The molecule has 0 radical (unpaired) electrons. The zero-order valence-electron chi connectivity index (χ0n) is 19.8. The summed E-state index contributed by atoms with van der Waals surface area (Å²) in [5.41, 5.74) is 3.99. The lowest BCUT2D eigenvalue weighted by Gasteiger charge is -2.39. The number of carbonyl (C=O) groups is 1. The molecule has 1 aliphatic heterocycles. The zero-order chi connectivity index (χ0) is 24.6. The van der Waals surface area contributed by atoms with Gasteiger partial charge in [0.2, 0.25) is 0 Å². The normalized spacial score (nSPS) is 14.5. The molecule has 3 aromatic rings. The Balaban J connectivity index is 1.53. The first-order valence-corrected chi connectivity index (χ1v) is 11.8. The van der Waals surface area contributed by atoms with Gasteiger partial charge in [-0.15, -0.1) is 0 Å². The van der Waals surface area contributed by atoms with Crippen LogP contribution in [0.5, 0.6) is 11.5 Å². The number of hydrogen-bond donors (Lipinski definition) is 2. The Morgan fingerprint density at radius 1 is 1.00 bits per heavy atom. The van der Waals surface area contributed by atoms with Crippen LogP contribution in [-0.2, 0) is 17.8 Å². The monoisotopic (exact) mass is 491 g/mol. The summed E-state index contributed by atoms with van der Waals surface area (Å²) in [6.45, 7) is 1.20. The van der Waals surface area contributed by atoms with E-state index in [0.717, 1.165) is 28.8 Å². The molecule has 1 unspecified atom stereocenters. The standard InChI is InChI=1S/C27H29N3O4S/c1-32-24-15-20-13-14-30(26(35)29-21-11-7-4-8-12-21)23(22(20)16-25(24)33-2)17-28-27(31)34-18-19-9-5-3-6-10-19/h3-12,15-16,23H,13-14,17-18H2,1-2H3,(H,28,31)(H,29,35). The number of ether oxygens (including phenoxy) is 3. The van der Waals surface area contributed by atoms with Crippen molar-refractivity contribution in [3.63, 3.8) is 0 Å². The summed E-state index contributed by atoms with van der Waals surface area (Å²) in [5.74, 6) is 1.31. The van der Waals surface area contributed by atoms with Crippen LogP contribution in [0.2, 0.25) is 0 Å². The number of hydrogen-bond acceptors (Lipinski definition) is 5. The molecule has 1 amide bonds. The molecule has 0 saturated heterocycles. The van der Waals surface area contributed by atoms with Gasteiger partial charge in [-0.25, -0.2) is 4.79 Å². The third-order valence-corrected chi connectivity index (χ3v) is 6.28. The summed E-state index contributed by atoms with van der Waals surface area (Å²) >= 11 is 5.78. The van der Waals surface area contributed by atoms with E-state index >= 15 is 0 Å². The maximum atomic E-state index is 12.5. The van der Waals surface area contributed by atoms with Crippen molar-refractivity contribution in [2.24, 2.45) is 0 Å². The molecule has 0 bridgehead atoms. The van der Waals surface area contributed by atoms with Gasteiger partial charge in [0.1, 0.15) is 6.61 Å². The molecule has 0 fully saturated rings. The quantitative estimate of drug-likeness (QED) is 0.454. The van der Waals surface area contributed by atoms with Crippen molar-refractivity contribution in [2.75, 3.05) is 32.6 Å². The van der Waals surface area contributed by atoms with Crippen LogP contribution in [0.25, 0.3) is 0 Å². The van der Waals surface area contributed by atoms with E-state index in [1.54, 1.807) is 14.2 Å². The van der Waals surface area contributed by atoms with E-state index in [9.17, 15) is 4.79 Å². The van der Waals surface area contributed by atoms with Crippen LogP contribution in [-0.4, -0.2) is 43.4 Å². The molecule has 1 aliphatic rings. The first-order valence-electron chi connectivity index (χ1n) is 11.4. The first-order chi connectivity index (χ1) is 17.1. The molecule has 7 nitrogen and oxygen atoms in total. The summed E-state index contributed by atoms with van der Waals surface area (Å²) in [5, 5.41) is 6.82. The highest BCUT2D eigenvalue weighted by Gasteiger charge is 2.31. The molecular formula is C27H29N3O4S. The Bertz CT molecular complexity index is 1160. The molecule has 0 aromatic heterocycles. The fourth-order valence-corrected chi connectivity index (χ4v) is 4.50. The molecule has 1 heterocycles. The second kappa shape index (κ2) is 11.6. The van der Waals surface area contributed by atoms with Gasteiger partial charge in [0.15, 0.2) is 16.6 Å². The van der Waals surface area contributed by atoms with Gasteiger partial charge in [-0.2, -0.15) is 0 Å². The molecule has 1 atom stereocenters. The summed E-state index contributed by atoms with van der Waals surface area (Å²) in [7, 11) is 3.24. The number of amides is 1. The van der Waals surface area contributed by atoms with Gasteiger partial charge in [0.25, 0.3) is 0 Å². The number of nitrogens with zero attached hydrogens (tertiary/aromatic N) is 1. The molecular weight excluding hydrogens is 462 g/mol. The van der Waals surface area contributed by atoms with Gasteiger partial charge in [-0.05, 0) is 59.6 Å². The van der Waals surface area contributed by atoms with Crippen LogP contribution in [0.4, 0.5) is 10.5 Å². The average Bonchev–Trinajstić information content (AvgIpc) is 2.90. The van der Waals surface area contributed by atoms with Gasteiger partial charge in [0.05, 0.1) is 20.3 Å². The number of anilines is 1. The fraction of sp³-hybridized carbons (Fsp3) is 0.259. The molecule has 2 N–H and O–H groups in total. The lowest BCUT2D eigenvalue weighted by molar-refractivity contribution is 0.136. The maximum absolute atomic E-state index is 12.5. The highest BCUT2D eigenvalue weighted by atomic mass is 32.1. The van der Waals surface area contributed by atoms with Crippen LogP contribution in [0.3, 0.4) is 0 Å². The minimum atomic E-state index is -0.483. The van der Waals surface area contributed by atoms with Crippen molar-refractivity contribution in [3.8, 4) is 11.5 Å². The number of methoxy groups -OCH3 is 2. The summed E-state index contributed by atoms with van der Waals surface area (Å²) < 4.78 is 16.5. The Kier molecular flexibility index (Phi) is 8.05. The summed E-state index contributed by atoms with van der Waals surface area (Å²) in [6.07, 6.45) is 0.296. The van der Waals surface area contributed by atoms with Crippen LogP contribution < -0.4 is 20.1 Å². The van der Waals surface area contributed by atoms with Crippen molar-refractivity contribution in [1.82, 2.24) is 10.2 Å². The Hall–Kier alpha value is -3.78. The van der Waals surface area contributed by atoms with Crippen molar-refractivity contribution < 1.29 is 19.0 Å². The van der Waals surface area contributed by atoms with E-state index in [-0.39, 0.29) is 12.6 Å². The molecule has 0 saturated carbocycles. The number of fused-ring (bicyclic) bond motifs is 1. The summed E-state index contributed by atoms with van der Waals surface area (Å²) in [4.78, 5) is 14.6. The van der Waals surface area contributed by atoms with Crippen molar-refractivity contribution in [1.29, 1.82) is 0 Å². The summed E-state index contributed by atoms with van der Waals surface area (Å²) in [6, 6.07) is 23.1. The number of para-hydroxylation sites is 1. The third kappa shape index (κ3) is 6.02. The van der Waals surface area contributed by atoms with E-state index in [0.29, 0.717) is 29.7 Å². The van der Waals surface area contributed by atoms with Crippen molar-refractivity contribution in [3.05, 3.63) is 89.5 Å². The second-order valence-corrected chi connectivity index (χ2v) is 8.49. The number of thiocarbonyl (C=S) groups is 1. The highest BCUT2D eigenvalue weighted by molar-refractivity contribution is 7.80. The fourth-order valence-electron chi connectivity index (χ4n) is 4.16. The van der Waals surface area contributed by atoms with Gasteiger partial charge in [0, 0.05) is 18.8 Å². The minimum absolute atomic E-state index is 0.205. The Morgan fingerprint density at radius 2 is 1.66 bits per heavy atom. The van der Waals surface area contributed by atoms with Crippen molar-refractivity contribution >= 4 is 29.1 Å². The van der Waals surface area contributed by atoms with Crippen LogP contribution >= 0.6 is 12.2 Å².